The predicted molar refractivity (Wildman–Crippen MR) is 112 cm³/mol. The number of unbranched alkanes of at least 4 members (excludes halogenated alkanes) is 3. The zero-order chi connectivity index (χ0) is 21.3. The minimum absolute atomic E-state index is 0.0507. The monoisotopic (exact) mass is 415 g/mol. The van der Waals surface area contributed by atoms with E-state index in [1.54, 1.807) is 31.4 Å². The van der Waals surface area contributed by atoms with E-state index in [0.717, 1.165) is 12.8 Å². The van der Waals surface area contributed by atoms with Crippen LogP contribution in [-0.2, 0) is 20.6 Å². The molecule has 0 spiro atoms. The summed E-state index contributed by atoms with van der Waals surface area (Å²) in [6, 6.07) is 9.17. The lowest BCUT2D eigenvalue weighted by Crippen LogP contribution is -2.29. The van der Waals surface area contributed by atoms with Gasteiger partial charge in [-0.15, -0.1) is 0 Å². The first-order chi connectivity index (χ1) is 14.6. The SMILES string of the molecule is CCCCCCc1ccc(C(=O)OCC2OCC(n3ccc(NC)nc3=O)O2)cc1. The Balaban J connectivity index is 1.45. The lowest BCUT2D eigenvalue weighted by Gasteiger charge is -2.14. The first kappa shape index (κ1) is 22.0. The molecule has 1 aliphatic rings. The quantitative estimate of drug-likeness (QED) is 0.471. The smallest absolute Gasteiger partial charge is 0.351 e. The second-order valence-corrected chi connectivity index (χ2v) is 7.21. The Hall–Kier alpha value is -2.71. The van der Waals surface area contributed by atoms with Gasteiger partial charge in [-0.05, 0) is 36.6 Å². The van der Waals surface area contributed by atoms with Gasteiger partial charge in [0.15, 0.2) is 12.5 Å². The van der Waals surface area contributed by atoms with Gasteiger partial charge in [0.25, 0.3) is 0 Å². The van der Waals surface area contributed by atoms with Crippen LogP contribution < -0.4 is 11.0 Å². The van der Waals surface area contributed by atoms with E-state index < -0.39 is 24.2 Å². The number of aromatic nitrogens is 2. The molecule has 2 atom stereocenters. The molecule has 0 aliphatic carbocycles. The molecule has 1 fully saturated rings. The summed E-state index contributed by atoms with van der Waals surface area (Å²) in [5, 5.41) is 2.81. The molecule has 2 unspecified atom stereocenters. The Morgan fingerprint density at radius 2 is 2.03 bits per heavy atom. The molecule has 162 valence electrons. The normalized spacial score (nSPS) is 18.3. The molecule has 3 rings (SSSR count). The number of hydrogen-bond donors (Lipinski definition) is 1. The summed E-state index contributed by atoms with van der Waals surface area (Å²) >= 11 is 0. The third-order valence-corrected chi connectivity index (χ3v) is 4.99. The lowest BCUT2D eigenvalue weighted by atomic mass is 10.0. The molecular formula is C22H29N3O5. The standard InChI is InChI=1S/C22H29N3O5/c1-3-4-5-6-7-16-8-10-17(11-9-16)21(26)29-15-20-28-14-19(30-20)25-13-12-18(23-2)24-22(25)27/h8-13,19-20H,3-7,14-15H2,1-2H3,(H,23,24,27). The Morgan fingerprint density at radius 3 is 2.73 bits per heavy atom. The van der Waals surface area contributed by atoms with E-state index in [1.807, 2.05) is 12.1 Å². The van der Waals surface area contributed by atoms with E-state index in [4.69, 9.17) is 14.2 Å². The molecule has 0 amide bonds. The molecule has 0 saturated carbocycles. The van der Waals surface area contributed by atoms with Gasteiger partial charge >= 0.3 is 11.7 Å². The van der Waals surface area contributed by atoms with E-state index in [9.17, 15) is 9.59 Å². The van der Waals surface area contributed by atoms with Gasteiger partial charge in [-0.1, -0.05) is 38.3 Å². The maximum absolute atomic E-state index is 12.3. The Morgan fingerprint density at radius 1 is 1.23 bits per heavy atom. The number of nitrogens with zero attached hydrogens (tertiary/aromatic N) is 2. The topological polar surface area (TPSA) is 91.7 Å². The van der Waals surface area contributed by atoms with Crippen LogP contribution in [-0.4, -0.2) is 42.1 Å². The van der Waals surface area contributed by atoms with E-state index >= 15 is 0 Å². The molecule has 1 aromatic carbocycles. The van der Waals surface area contributed by atoms with Crippen LogP contribution in [0, 0.1) is 0 Å². The molecule has 0 bridgehead atoms. The highest BCUT2D eigenvalue weighted by Crippen LogP contribution is 2.20. The number of carbonyl (C=O) groups is 1. The summed E-state index contributed by atoms with van der Waals surface area (Å²) < 4.78 is 17.8. The van der Waals surface area contributed by atoms with Crippen LogP contribution in [0.3, 0.4) is 0 Å². The van der Waals surface area contributed by atoms with Gasteiger partial charge in [0.1, 0.15) is 12.4 Å². The van der Waals surface area contributed by atoms with Crippen molar-refractivity contribution < 1.29 is 19.0 Å². The van der Waals surface area contributed by atoms with E-state index in [2.05, 4.69) is 17.2 Å². The fourth-order valence-electron chi connectivity index (χ4n) is 3.24. The highest BCUT2D eigenvalue weighted by atomic mass is 16.7. The Bertz CT molecular complexity index is 881. The van der Waals surface area contributed by atoms with Crippen molar-refractivity contribution in [1.29, 1.82) is 0 Å². The second-order valence-electron chi connectivity index (χ2n) is 7.21. The maximum atomic E-state index is 12.3. The molecule has 2 aromatic rings. The van der Waals surface area contributed by atoms with Crippen molar-refractivity contribution in [3.05, 3.63) is 58.1 Å². The van der Waals surface area contributed by atoms with Gasteiger partial charge < -0.3 is 19.5 Å². The van der Waals surface area contributed by atoms with Crippen molar-refractivity contribution in [1.82, 2.24) is 9.55 Å². The number of carbonyl (C=O) groups excluding carboxylic acids is 1. The number of aryl methyl sites for hydroxylation is 1. The van der Waals surface area contributed by atoms with E-state index in [-0.39, 0.29) is 13.2 Å². The molecule has 1 saturated heterocycles. The fraction of sp³-hybridized carbons (Fsp3) is 0.500. The van der Waals surface area contributed by atoms with Crippen LogP contribution in [0.25, 0.3) is 0 Å². The molecule has 1 aromatic heterocycles. The molecule has 8 heteroatoms. The van der Waals surface area contributed by atoms with Crippen molar-refractivity contribution in [2.24, 2.45) is 0 Å². The van der Waals surface area contributed by atoms with Gasteiger partial charge in [0.05, 0.1) is 12.2 Å². The first-order valence-electron chi connectivity index (χ1n) is 10.4. The van der Waals surface area contributed by atoms with Crippen LogP contribution in [0.2, 0.25) is 0 Å². The molecule has 1 N–H and O–H groups in total. The third-order valence-electron chi connectivity index (χ3n) is 4.99. The summed E-state index contributed by atoms with van der Waals surface area (Å²) in [6.07, 6.45) is 6.13. The summed E-state index contributed by atoms with van der Waals surface area (Å²) in [4.78, 5) is 28.2. The number of hydrogen-bond acceptors (Lipinski definition) is 7. The van der Waals surface area contributed by atoms with E-state index in [0.29, 0.717) is 11.4 Å². The fourth-order valence-corrected chi connectivity index (χ4v) is 3.24. The van der Waals surface area contributed by atoms with Crippen molar-refractivity contribution in [2.45, 2.75) is 51.5 Å². The van der Waals surface area contributed by atoms with Gasteiger partial charge in [0, 0.05) is 13.2 Å². The van der Waals surface area contributed by atoms with Crippen molar-refractivity contribution in [3.8, 4) is 0 Å². The predicted octanol–water partition coefficient (Wildman–Crippen LogP) is 3.14. The zero-order valence-corrected chi connectivity index (χ0v) is 17.5. The van der Waals surface area contributed by atoms with Gasteiger partial charge in [-0.2, -0.15) is 4.98 Å². The van der Waals surface area contributed by atoms with Crippen molar-refractivity contribution in [2.75, 3.05) is 25.6 Å². The van der Waals surface area contributed by atoms with Crippen LogP contribution in [0.15, 0.2) is 41.3 Å². The number of ether oxygens (including phenoxy) is 3. The highest BCUT2D eigenvalue weighted by molar-refractivity contribution is 5.89. The molecule has 0 radical (unpaired) electrons. The van der Waals surface area contributed by atoms with Crippen LogP contribution in [0.1, 0.15) is 54.8 Å². The average molecular weight is 415 g/mol. The number of anilines is 1. The molecule has 2 heterocycles. The minimum atomic E-state index is -0.729. The number of benzene rings is 1. The summed E-state index contributed by atoms with van der Waals surface area (Å²) in [6.45, 7) is 2.32. The summed E-state index contributed by atoms with van der Waals surface area (Å²) in [5.41, 5.74) is 1.27. The average Bonchev–Trinajstić information content (AvgIpc) is 3.24. The number of esters is 1. The Kier molecular flexibility index (Phi) is 7.98. The summed E-state index contributed by atoms with van der Waals surface area (Å²) in [7, 11) is 1.69. The highest BCUT2D eigenvalue weighted by Gasteiger charge is 2.29. The molecular weight excluding hydrogens is 386 g/mol. The third kappa shape index (κ3) is 5.90. The Labute approximate surface area is 176 Å². The van der Waals surface area contributed by atoms with Gasteiger partial charge in [0.2, 0.25) is 0 Å². The zero-order valence-electron chi connectivity index (χ0n) is 17.5. The number of nitrogens with one attached hydrogen (secondary N) is 1. The van der Waals surface area contributed by atoms with E-state index in [1.165, 1.54) is 29.4 Å². The maximum Gasteiger partial charge on any atom is 0.351 e. The molecule has 8 nitrogen and oxygen atoms in total. The van der Waals surface area contributed by atoms with Gasteiger partial charge in [-0.3, -0.25) is 4.57 Å². The van der Waals surface area contributed by atoms with Crippen LogP contribution >= 0.6 is 0 Å². The van der Waals surface area contributed by atoms with Crippen LogP contribution in [0.5, 0.6) is 0 Å². The second kappa shape index (κ2) is 10.9. The number of rotatable bonds is 10. The molecule has 30 heavy (non-hydrogen) atoms. The van der Waals surface area contributed by atoms with Gasteiger partial charge in [-0.25, -0.2) is 9.59 Å². The first-order valence-corrected chi connectivity index (χ1v) is 10.4. The van der Waals surface area contributed by atoms with Crippen molar-refractivity contribution in [3.63, 3.8) is 0 Å². The minimum Gasteiger partial charge on any atom is -0.457 e. The summed E-state index contributed by atoms with van der Waals surface area (Å²) in [5.74, 6) is 0.0491. The largest absolute Gasteiger partial charge is 0.457 e. The molecule has 1 aliphatic heterocycles. The lowest BCUT2D eigenvalue weighted by molar-refractivity contribution is -0.103. The van der Waals surface area contributed by atoms with Crippen molar-refractivity contribution >= 4 is 11.8 Å². The van der Waals surface area contributed by atoms with Crippen LogP contribution in [0.4, 0.5) is 5.82 Å².